The van der Waals surface area contributed by atoms with E-state index in [1.54, 1.807) is 54.9 Å². The summed E-state index contributed by atoms with van der Waals surface area (Å²) < 4.78 is 25.5. The number of pyridine rings is 1. The molecule has 0 aliphatic carbocycles. The summed E-state index contributed by atoms with van der Waals surface area (Å²) in [6.07, 6.45) is 3.33. The van der Waals surface area contributed by atoms with E-state index < -0.39 is 9.84 Å². The second-order valence-corrected chi connectivity index (χ2v) is 8.73. The average Bonchev–Trinajstić information content (AvgIpc) is 3.17. The number of nitrogens with one attached hydrogen (secondary N) is 2. The van der Waals surface area contributed by atoms with Crippen LogP contribution >= 0.6 is 11.6 Å². The van der Waals surface area contributed by atoms with Gasteiger partial charge in [0.1, 0.15) is 5.69 Å². The summed E-state index contributed by atoms with van der Waals surface area (Å²) in [6, 6.07) is 16.2. The topological polar surface area (TPSA) is 91.9 Å². The number of hydrogen-bond acceptors (Lipinski definition) is 4. The van der Waals surface area contributed by atoms with Crippen molar-refractivity contribution in [1.29, 1.82) is 0 Å². The van der Waals surface area contributed by atoms with Crippen LogP contribution in [-0.4, -0.2) is 24.3 Å². The molecule has 2 aromatic heterocycles. The average molecular weight is 426 g/mol. The molecule has 2 heterocycles. The Morgan fingerprint density at radius 1 is 1.07 bits per heavy atom. The number of sulfone groups is 1. The summed E-state index contributed by atoms with van der Waals surface area (Å²) in [6.45, 7) is 0.263. The van der Waals surface area contributed by atoms with Gasteiger partial charge in [0, 0.05) is 29.8 Å². The molecule has 2 aromatic carbocycles. The third-order valence-electron chi connectivity index (χ3n) is 4.48. The highest BCUT2D eigenvalue weighted by Crippen LogP contribution is 2.27. The zero-order valence-electron chi connectivity index (χ0n) is 15.1. The van der Waals surface area contributed by atoms with Gasteiger partial charge in [0.2, 0.25) is 9.84 Å². The molecule has 0 saturated carbocycles. The number of aromatic nitrogens is 2. The Kier molecular flexibility index (Phi) is 5.08. The van der Waals surface area contributed by atoms with Crippen LogP contribution in [0.5, 0.6) is 0 Å². The lowest BCUT2D eigenvalue weighted by Crippen LogP contribution is -2.23. The van der Waals surface area contributed by atoms with Crippen molar-refractivity contribution in [3.8, 4) is 0 Å². The van der Waals surface area contributed by atoms with Crippen molar-refractivity contribution in [2.45, 2.75) is 16.3 Å². The van der Waals surface area contributed by atoms with Crippen LogP contribution in [0.4, 0.5) is 0 Å². The highest BCUT2D eigenvalue weighted by atomic mass is 35.5. The molecule has 6 nitrogen and oxygen atoms in total. The normalized spacial score (nSPS) is 11.5. The van der Waals surface area contributed by atoms with E-state index in [9.17, 15) is 13.2 Å². The molecule has 146 valence electrons. The van der Waals surface area contributed by atoms with Crippen LogP contribution in [-0.2, 0) is 16.4 Å². The predicted octanol–water partition coefficient (Wildman–Crippen LogP) is 3.98. The third kappa shape index (κ3) is 3.87. The first kappa shape index (κ1) is 19.2. The first-order chi connectivity index (χ1) is 13.9. The van der Waals surface area contributed by atoms with Gasteiger partial charge in [-0.25, -0.2) is 8.42 Å². The van der Waals surface area contributed by atoms with Gasteiger partial charge in [-0.1, -0.05) is 35.9 Å². The molecular formula is C21H16ClN3O3S. The Morgan fingerprint density at radius 2 is 1.83 bits per heavy atom. The maximum absolute atomic E-state index is 12.7. The maximum Gasteiger partial charge on any atom is 0.267 e. The quantitative estimate of drug-likeness (QED) is 0.506. The molecule has 0 atom stereocenters. The molecule has 8 heteroatoms. The molecule has 4 aromatic rings. The number of nitrogens with zero attached hydrogens (tertiary/aromatic N) is 1. The van der Waals surface area contributed by atoms with E-state index in [2.05, 4.69) is 15.3 Å². The number of rotatable bonds is 5. The molecule has 2 N–H and O–H groups in total. The standard InChI is InChI=1S/C21H16ClN3O3S/c22-17-3-1-2-4-20(17)29(27,28)16-7-5-14(6-8-16)12-24-21(26)19-11-15-13-23-10-9-18(15)25-19/h1-11,13,25H,12H2,(H,24,26). The highest BCUT2D eigenvalue weighted by Gasteiger charge is 2.20. The van der Waals surface area contributed by atoms with Gasteiger partial charge in [0.05, 0.1) is 14.8 Å². The van der Waals surface area contributed by atoms with Gasteiger partial charge in [-0.05, 0) is 42.0 Å². The van der Waals surface area contributed by atoms with Crippen molar-refractivity contribution in [3.05, 3.63) is 89.3 Å². The monoisotopic (exact) mass is 425 g/mol. The molecule has 0 aliphatic heterocycles. The number of benzene rings is 2. The molecule has 1 amide bonds. The summed E-state index contributed by atoms with van der Waals surface area (Å²) >= 11 is 6.03. The fraction of sp³-hybridized carbons (Fsp3) is 0.0476. The zero-order chi connectivity index (χ0) is 20.4. The molecule has 0 unspecified atom stereocenters. The van der Waals surface area contributed by atoms with E-state index in [1.165, 1.54) is 18.2 Å². The number of fused-ring (bicyclic) bond motifs is 1. The van der Waals surface area contributed by atoms with Crippen molar-refractivity contribution < 1.29 is 13.2 Å². The third-order valence-corrected chi connectivity index (χ3v) is 6.75. The first-order valence-electron chi connectivity index (χ1n) is 8.74. The Bertz CT molecular complexity index is 1270. The van der Waals surface area contributed by atoms with Crippen molar-refractivity contribution in [1.82, 2.24) is 15.3 Å². The Labute approximate surface area is 172 Å². The van der Waals surface area contributed by atoms with Crippen LogP contribution in [0.15, 0.2) is 82.8 Å². The largest absolute Gasteiger partial charge is 0.350 e. The Morgan fingerprint density at radius 3 is 2.55 bits per heavy atom. The lowest BCUT2D eigenvalue weighted by Gasteiger charge is -2.08. The van der Waals surface area contributed by atoms with E-state index in [1.807, 2.05) is 0 Å². The van der Waals surface area contributed by atoms with Gasteiger partial charge in [-0.15, -0.1) is 0 Å². The van der Waals surface area contributed by atoms with Crippen LogP contribution in [0.3, 0.4) is 0 Å². The highest BCUT2D eigenvalue weighted by molar-refractivity contribution is 7.91. The molecule has 0 fully saturated rings. The Hall–Kier alpha value is -3.16. The number of aromatic amines is 1. The minimum absolute atomic E-state index is 0.0658. The van der Waals surface area contributed by atoms with E-state index in [0.29, 0.717) is 5.69 Å². The SMILES string of the molecule is O=C(NCc1ccc(S(=O)(=O)c2ccccc2Cl)cc1)c1cc2cnccc2[nH]1. The summed E-state index contributed by atoms with van der Waals surface area (Å²) in [5.41, 5.74) is 2.04. The van der Waals surface area contributed by atoms with Crippen molar-refractivity contribution in [2.24, 2.45) is 0 Å². The van der Waals surface area contributed by atoms with E-state index in [4.69, 9.17) is 11.6 Å². The molecule has 0 spiro atoms. The molecule has 0 aliphatic rings. The molecule has 0 saturated heterocycles. The summed E-state index contributed by atoms with van der Waals surface area (Å²) in [4.78, 5) is 19.6. The Balaban J connectivity index is 1.47. The number of carbonyl (C=O) groups excluding carboxylic acids is 1. The lowest BCUT2D eigenvalue weighted by molar-refractivity contribution is 0.0946. The molecule has 0 bridgehead atoms. The van der Waals surface area contributed by atoms with Crippen LogP contribution in [0.2, 0.25) is 5.02 Å². The van der Waals surface area contributed by atoms with Crippen molar-refractivity contribution in [3.63, 3.8) is 0 Å². The minimum atomic E-state index is -3.71. The molecule has 4 rings (SSSR count). The van der Waals surface area contributed by atoms with Crippen LogP contribution in [0.25, 0.3) is 10.9 Å². The smallest absolute Gasteiger partial charge is 0.267 e. The number of halogens is 1. The first-order valence-corrected chi connectivity index (χ1v) is 10.6. The zero-order valence-corrected chi connectivity index (χ0v) is 16.7. The second kappa shape index (κ2) is 7.69. The van der Waals surface area contributed by atoms with Crippen LogP contribution in [0, 0.1) is 0 Å². The minimum Gasteiger partial charge on any atom is -0.350 e. The molecule has 0 radical (unpaired) electrons. The van der Waals surface area contributed by atoms with Crippen LogP contribution < -0.4 is 5.32 Å². The van der Waals surface area contributed by atoms with Crippen molar-refractivity contribution >= 4 is 38.2 Å². The summed E-state index contributed by atoms with van der Waals surface area (Å²) in [5, 5.41) is 3.85. The fourth-order valence-corrected chi connectivity index (χ4v) is 4.72. The summed E-state index contributed by atoms with van der Waals surface area (Å²) in [7, 11) is -3.71. The van der Waals surface area contributed by atoms with E-state index >= 15 is 0 Å². The number of carbonyl (C=O) groups is 1. The maximum atomic E-state index is 12.7. The van der Waals surface area contributed by atoms with Gasteiger partial charge in [0.25, 0.3) is 5.91 Å². The van der Waals surface area contributed by atoms with Crippen molar-refractivity contribution in [2.75, 3.05) is 0 Å². The number of hydrogen-bond donors (Lipinski definition) is 2. The number of H-pyrrole nitrogens is 1. The molecule has 29 heavy (non-hydrogen) atoms. The van der Waals surface area contributed by atoms with E-state index in [-0.39, 0.29) is 27.3 Å². The van der Waals surface area contributed by atoms with Gasteiger partial charge in [0.15, 0.2) is 0 Å². The fourth-order valence-electron chi connectivity index (χ4n) is 2.95. The summed E-state index contributed by atoms with van der Waals surface area (Å²) in [5.74, 6) is -0.256. The van der Waals surface area contributed by atoms with Gasteiger partial charge >= 0.3 is 0 Å². The van der Waals surface area contributed by atoms with Gasteiger partial charge in [-0.2, -0.15) is 0 Å². The second-order valence-electron chi connectivity index (χ2n) is 6.41. The van der Waals surface area contributed by atoms with Gasteiger partial charge < -0.3 is 10.3 Å². The molecular weight excluding hydrogens is 410 g/mol. The van der Waals surface area contributed by atoms with Crippen LogP contribution in [0.1, 0.15) is 16.1 Å². The van der Waals surface area contributed by atoms with E-state index in [0.717, 1.165) is 16.5 Å². The predicted molar refractivity (Wildman–Crippen MR) is 111 cm³/mol. The lowest BCUT2D eigenvalue weighted by atomic mass is 10.2. The van der Waals surface area contributed by atoms with Gasteiger partial charge in [-0.3, -0.25) is 9.78 Å². The number of amides is 1.